The predicted octanol–water partition coefficient (Wildman–Crippen LogP) is 2.39. The Balaban J connectivity index is 2.22. The molecule has 5 heteroatoms. The van der Waals surface area contributed by atoms with Crippen molar-refractivity contribution in [1.29, 1.82) is 0 Å². The largest absolute Gasteiger partial charge is 0.425 e. The van der Waals surface area contributed by atoms with Crippen molar-refractivity contribution in [2.24, 2.45) is 0 Å². The van der Waals surface area contributed by atoms with E-state index in [0.29, 0.717) is 5.70 Å². The maximum absolute atomic E-state index is 11.3. The number of cyclic esters (lactones) is 1. The van der Waals surface area contributed by atoms with E-state index in [2.05, 4.69) is 5.32 Å². The second kappa shape index (κ2) is 4.77. The number of carbonyl (C=O) groups is 1. The molecule has 0 radical (unpaired) electrons. The Morgan fingerprint density at radius 1 is 1.35 bits per heavy atom. The van der Waals surface area contributed by atoms with Gasteiger partial charge < -0.3 is 14.8 Å². The Morgan fingerprint density at radius 2 is 2.00 bits per heavy atom. The van der Waals surface area contributed by atoms with Crippen molar-refractivity contribution in [3.8, 4) is 0 Å². The van der Waals surface area contributed by atoms with Gasteiger partial charge in [0, 0.05) is 12.8 Å². The lowest BCUT2D eigenvalue weighted by Gasteiger charge is -2.13. The molecule has 0 bridgehead atoms. The second-order valence-corrected chi connectivity index (χ2v) is 4.07. The molecule has 1 aliphatic heterocycles. The van der Waals surface area contributed by atoms with Crippen molar-refractivity contribution >= 4 is 23.3 Å². The third-order valence-corrected chi connectivity index (χ3v) is 2.77. The highest BCUT2D eigenvalue weighted by Crippen LogP contribution is 2.27. The summed E-state index contributed by atoms with van der Waals surface area (Å²) in [5.41, 5.74) is 2.41. The molecule has 17 heavy (non-hydrogen) atoms. The van der Waals surface area contributed by atoms with Crippen molar-refractivity contribution in [2.75, 3.05) is 12.4 Å². The molecular weight excluding hydrogens is 242 g/mol. The highest BCUT2D eigenvalue weighted by molar-refractivity contribution is 6.42. The van der Waals surface area contributed by atoms with E-state index in [1.165, 1.54) is 7.11 Å². The molecule has 1 N–H and O–H groups in total. The predicted molar refractivity (Wildman–Crippen MR) is 64.6 cm³/mol. The van der Waals surface area contributed by atoms with Crippen molar-refractivity contribution in [1.82, 2.24) is 0 Å². The van der Waals surface area contributed by atoms with Crippen LogP contribution in [-0.4, -0.2) is 19.4 Å². The van der Waals surface area contributed by atoms with Gasteiger partial charge in [-0.1, -0.05) is 29.3 Å². The second-order valence-electron chi connectivity index (χ2n) is 3.69. The van der Waals surface area contributed by atoms with E-state index in [-0.39, 0.29) is 5.03 Å². The number of hydrogen-bond acceptors (Lipinski definition) is 4. The summed E-state index contributed by atoms with van der Waals surface area (Å²) in [6.07, 6.45) is -0.767. The van der Waals surface area contributed by atoms with E-state index >= 15 is 0 Å². The van der Waals surface area contributed by atoms with Crippen LogP contribution in [0.5, 0.6) is 0 Å². The van der Waals surface area contributed by atoms with Gasteiger partial charge in [-0.3, -0.25) is 0 Å². The third-order valence-electron chi connectivity index (χ3n) is 2.41. The third kappa shape index (κ3) is 2.43. The molecule has 90 valence electrons. The lowest BCUT2D eigenvalue weighted by atomic mass is 10.2. The van der Waals surface area contributed by atoms with Gasteiger partial charge in [0.25, 0.3) is 0 Å². The van der Waals surface area contributed by atoms with E-state index < -0.39 is 12.3 Å². The molecule has 0 aromatic heterocycles. The van der Waals surface area contributed by atoms with Gasteiger partial charge >= 0.3 is 5.97 Å². The minimum Gasteiger partial charge on any atom is -0.425 e. The van der Waals surface area contributed by atoms with Gasteiger partial charge in [-0.05, 0) is 19.1 Å². The summed E-state index contributed by atoms with van der Waals surface area (Å²) in [5.74, 6) is -0.576. The Bertz CT molecular complexity index is 467. The van der Waals surface area contributed by atoms with Crippen LogP contribution in [0.2, 0.25) is 0 Å². The summed E-state index contributed by atoms with van der Waals surface area (Å²) in [6.45, 7) is 2.00. The van der Waals surface area contributed by atoms with Crippen LogP contribution >= 0.6 is 11.6 Å². The molecule has 1 aromatic carbocycles. The summed E-state index contributed by atoms with van der Waals surface area (Å²) >= 11 is 5.85. The van der Waals surface area contributed by atoms with Crippen LogP contribution in [0, 0.1) is 6.92 Å². The number of anilines is 1. The lowest BCUT2D eigenvalue weighted by molar-refractivity contribution is -0.155. The fraction of sp³-hybridized carbons (Fsp3) is 0.250. The summed E-state index contributed by atoms with van der Waals surface area (Å²) in [4.78, 5) is 11.3. The Labute approximate surface area is 104 Å². The summed E-state index contributed by atoms with van der Waals surface area (Å²) in [5, 5.41) is 3.05. The number of nitrogens with one attached hydrogen (secondary N) is 1. The molecule has 4 nitrogen and oxygen atoms in total. The normalized spacial score (nSPS) is 19.5. The van der Waals surface area contributed by atoms with E-state index in [1.54, 1.807) is 0 Å². The molecule has 1 heterocycles. The quantitative estimate of drug-likeness (QED) is 0.841. The number of carbonyl (C=O) groups excluding carboxylic acids is 1. The number of benzene rings is 1. The van der Waals surface area contributed by atoms with Crippen molar-refractivity contribution in [2.45, 2.75) is 13.2 Å². The number of hydrogen-bond donors (Lipinski definition) is 1. The minimum absolute atomic E-state index is 0.0254. The molecule has 2 rings (SSSR count). The molecule has 0 saturated heterocycles. The molecule has 1 atom stereocenters. The molecule has 0 spiro atoms. The van der Waals surface area contributed by atoms with E-state index in [4.69, 9.17) is 21.1 Å². The summed E-state index contributed by atoms with van der Waals surface area (Å²) in [6, 6.07) is 7.69. The first-order chi connectivity index (χ1) is 8.11. The van der Waals surface area contributed by atoms with Gasteiger partial charge in [0.1, 0.15) is 5.70 Å². The number of methoxy groups -OCH3 is 1. The number of aryl methyl sites for hydroxylation is 1. The topological polar surface area (TPSA) is 47.6 Å². The smallest absolute Gasteiger partial charge is 0.354 e. The number of halogens is 1. The SMILES string of the molecule is COC1OC(=O)C(Cl)=C1Nc1ccc(C)cc1. The van der Waals surface area contributed by atoms with Crippen LogP contribution < -0.4 is 5.32 Å². The van der Waals surface area contributed by atoms with Crippen LogP contribution in [-0.2, 0) is 14.3 Å². The molecule has 0 fully saturated rings. The van der Waals surface area contributed by atoms with E-state index in [9.17, 15) is 4.79 Å². The van der Waals surface area contributed by atoms with Crippen LogP contribution in [0.25, 0.3) is 0 Å². The van der Waals surface area contributed by atoms with Crippen LogP contribution in [0.4, 0.5) is 5.69 Å². The van der Waals surface area contributed by atoms with Gasteiger partial charge in [0.05, 0.1) is 0 Å². The molecule has 1 aromatic rings. The molecule has 0 saturated carbocycles. The average molecular weight is 254 g/mol. The molecule has 0 amide bonds. The van der Waals surface area contributed by atoms with E-state index in [1.807, 2.05) is 31.2 Å². The molecular formula is C12H12ClNO3. The molecule has 1 aliphatic rings. The average Bonchev–Trinajstić information content (AvgIpc) is 2.59. The van der Waals surface area contributed by atoms with Crippen LogP contribution in [0.15, 0.2) is 35.0 Å². The Morgan fingerprint density at radius 3 is 2.59 bits per heavy atom. The Hall–Kier alpha value is -1.52. The van der Waals surface area contributed by atoms with Gasteiger partial charge in [0.2, 0.25) is 6.29 Å². The zero-order chi connectivity index (χ0) is 12.4. The standard InChI is InChI=1S/C12H12ClNO3/c1-7-3-5-8(6-4-7)14-10-9(13)11(15)17-12(10)16-2/h3-6,12,14H,1-2H3. The number of esters is 1. The number of ether oxygens (including phenoxy) is 2. The fourth-order valence-corrected chi connectivity index (χ4v) is 1.67. The molecule has 0 aliphatic carbocycles. The first kappa shape index (κ1) is 12.0. The first-order valence-electron chi connectivity index (χ1n) is 5.09. The first-order valence-corrected chi connectivity index (χ1v) is 5.46. The van der Waals surface area contributed by atoms with Crippen molar-refractivity contribution in [3.63, 3.8) is 0 Å². The van der Waals surface area contributed by atoms with Gasteiger partial charge in [0.15, 0.2) is 5.03 Å². The summed E-state index contributed by atoms with van der Waals surface area (Å²) in [7, 11) is 1.45. The van der Waals surface area contributed by atoms with Crippen LogP contribution in [0.1, 0.15) is 5.56 Å². The maximum atomic E-state index is 11.3. The van der Waals surface area contributed by atoms with Crippen LogP contribution in [0.3, 0.4) is 0 Å². The molecule has 1 unspecified atom stereocenters. The zero-order valence-corrected chi connectivity index (χ0v) is 10.2. The van der Waals surface area contributed by atoms with Crippen molar-refractivity contribution < 1.29 is 14.3 Å². The van der Waals surface area contributed by atoms with Crippen molar-refractivity contribution in [3.05, 3.63) is 40.6 Å². The lowest BCUT2D eigenvalue weighted by Crippen LogP contribution is -2.18. The van der Waals surface area contributed by atoms with E-state index in [0.717, 1.165) is 11.3 Å². The minimum atomic E-state index is -0.767. The van der Waals surface area contributed by atoms with Gasteiger partial charge in [-0.2, -0.15) is 0 Å². The van der Waals surface area contributed by atoms with Gasteiger partial charge in [-0.25, -0.2) is 4.79 Å². The highest BCUT2D eigenvalue weighted by Gasteiger charge is 2.33. The Kier molecular flexibility index (Phi) is 3.36. The zero-order valence-electron chi connectivity index (χ0n) is 9.49. The van der Waals surface area contributed by atoms with Gasteiger partial charge in [-0.15, -0.1) is 0 Å². The maximum Gasteiger partial charge on any atom is 0.354 e. The highest BCUT2D eigenvalue weighted by atomic mass is 35.5. The monoisotopic (exact) mass is 253 g/mol. The summed E-state index contributed by atoms with van der Waals surface area (Å²) < 4.78 is 9.91. The number of rotatable bonds is 3. The fourth-order valence-electron chi connectivity index (χ4n) is 1.49.